The standard InChI is InChI=1S/C15H17N5O2S/c1-2-10-19-12-13(11-17-19)18-23(21,22)15-8-9-16-20(15)14-6-4-3-5-7-14/h3-9,11-12,18H,2,10H2,1H3. The molecule has 0 spiro atoms. The number of anilines is 1. The fourth-order valence-corrected chi connectivity index (χ4v) is 3.37. The third kappa shape index (κ3) is 3.26. The Morgan fingerprint density at radius 2 is 1.91 bits per heavy atom. The van der Waals surface area contributed by atoms with Crippen molar-refractivity contribution in [2.45, 2.75) is 24.9 Å². The summed E-state index contributed by atoms with van der Waals surface area (Å²) in [5, 5.41) is 8.30. The van der Waals surface area contributed by atoms with Crippen LogP contribution in [0.4, 0.5) is 5.69 Å². The number of hydrogen-bond donors (Lipinski definition) is 1. The van der Waals surface area contributed by atoms with Crippen LogP contribution < -0.4 is 4.72 Å². The molecule has 0 amide bonds. The lowest BCUT2D eigenvalue weighted by atomic mass is 10.3. The van der Waals surface area contributed by atoms with Gasteiger partial charge in [0.1, 0.15) is 0 Å². The first-order valence-electron chi connectivity index (χ1n) is 7.25. The molecule has 0 aliphatic carbocycles. The van der Waals surface area contributed by atoms with Crippen LogP contribution in [0.1, 0.15) is 13.3 Å². The highest BCUT2D eigenvalue weighted by atomic mass is 32.2. The van der Waals surface area contributed by atoms with Crippen molar-refractivity contribution in [2.75, 3.05) is 4.72 Å². The summed E-state index contributed by atoms with van der Waals surface area (Å²) in [5.41, 5.74) is 1.11. The average Bonchev–Trinajstić information content (AvgIpc) is 3.18. The average molecular weight is 331 g/mol. The lowest BCUT2D eigenvalue weighted by molar-refractivity contribution is 0.591. The van der Waals surface area contributed by atoms with Gasteiger partial charge in [0, 0.05) is 12.7 Å². The lowest BCUT2D eigenvalue weighted by Crippen LogP contribution is -2.17. The van der Waals surface area contributed by atoms with Gasteiger partial charge in [-0.3, -0.25) is 9.40 Å². The first-order valence-corrected chi connectivity index (χ1v) is 8.73. The molecular formula is C15H17N5O2S. The van der Waals surface area contributed by atoms with Gasteiger partial charge in [0.15, 0.2) is 5.03 Å². The second-order valence-corrected chi connectivity index (χ2v) is 6.64. The van der Waals surface area contributed by atoms with Crippen molar-refractivity contribution >= 4 is 15.7 Å². The lowest BCUT2D eigenvalue weighted by Gasteiger charge is -2.09. The summed E-state index contributed by atoms with van der Waals surface area (Å²) in [6.45, 7) is 2.77. The van der Waals surface area contributed by atoms with Crippen molar-refractivity contribution in [1.29, 1.82) is 0 Å². The van der Waals surface area contributed by atoms with Crippen LogP contribution in [0.25, 0.3) is 5.69 Å². The highest BCUT2D eigenvalue weighted by molar-refractivity contribution is 7.92. The Morgan fingerprint density at radius 3 is 2.65 bits per heavy atom. The third-order valence-corrected chi connectivity index (χ3v) is 4.59. The second kappa shape index (κ2) is 6.25. The molecule has 23 heavy (non-hydrogen) atoms. The summed E-state index contributed by atoms with van der Waals surface area (Å²) in [6, 6.07) is 10.6. The van der Waals surface area contributed by atoms with Gasteiger partial charge in [-0.2, -0.15) is 18.6 Å². The van der Waals surface area contributed by atoms with Crippen LogP contribution in [0.2, 0.25) is 0 Å². The normalized spacial score (nSPS) is 11.5. The number of hydrogen-bond acceptors (Lipinski definition) is 4. The summed E-state index contributed by atoms with van der Waals surface area (Å²) in [4.78, 5) is 0. The van der Waals surface area contributed by atoms with Crippen molar-refractivity contribution in [3.8, 4) is 5.69 Å². The van der Waals surface area contributed by atoms with Gasteiger partial charge >= 0.3 is 0 Å². The second-order valence-electron chi connectivity index (χ2n) is 5.01. The molecular weight excluding hydrogens is 314 g/mol. The predicted molar refractivity (Wildman–Crippen MR) is 86.9 cm³/mol. The van der Waals surface area contributed by atoms with Crippen LogP contribution in [-0.4, -0.2) is 28.0 Å². The van der Waals surface area contributed by atoms with Crippen molar-refractivity contribution in [2.24, 2.45) is 0 Å². The predicted octanol–water partition coefficient (Wildman–Crippen LogP) is 2.28. The Bertz CT molecular complexity index is 884. The maximum Gasteiger partial charge on any atom is 0.279 e. The smallest absolute Gasteiger partial charge is 0.275 e. The third-order valence-electron chi connectivity index (χ3n) is 3.22. The number of para-hydroxylation sites is 1. The zero-order valence-electron chi connectivity index (χ0n) is 12.6. The SMILES string of the molecule is CCCn1cc(NS(=O)(=O)c2ccnn2-c2ccccc2)cn1. The molecule has 0 aliphatic rings. The number of nitrogens with zero attached hydrogens (tertiary/aromatic N) is 4. The van der Waals surface area contributed by atoms with Gasteiger partial charge in [-0.1, -0.05) is 25.1 Å². The first-order chi connectivity index (χ1) is 11.1. The fourth-order valence-electron chi connectivity index (χ4n) is 2.23. The molecule has 0 aliphatic heterocycles. The van der Waals surface area contributed by atoms with Crippen LogP contribution in [0.3, 0.4) is 0 Å². The molecule has 3 aromatic rings. The quantitative estimate of drug-likeness (QED) is 0.751. The van der Waals surface area contributed by atoms with Crippen molar-refractivity contribution in [1.82, 2.24) is 19.6 Å². The first kappa shape index (κ1) is 15.3. The van der Waals surface area contributed by atoms with E-state index in [1.807, 2.05) is 25.1 Å². The molecule has 2 heterocycles. The zero-order chi connectivity index (χ0) is 16.3. The topological polar surface area (TPSA) is 81.8 Å². The molecule has 0 bridgehead atoms. The number of nitrogens with one attached hydrogen (secondary N) is 1. The molecule has 1 N–H and O–H groups in total. The van der Waals surface area contributed by atoms with E-state index >= 15 is 0 Å². The van der Waals surface area contributed by atoms with Crippen LogP contribution in [0.15, 0.2) is 60.0 Å². The maximum absolute atomic E-state index is 12.6. The minimum atomic E-state index is -3.75. The molecule has 0 fully saturated rings. The number of aryl methyl sites for hydroxylation is 1. The van der Waals surface area contributed by atoms with Crippen LogP contribution >= 0.6 is 0 Å². The minimum Gasteiger partial charge on any atom is -0.275 e. The van der Waals surface area contributed by atoms with Gasteiger partial charge in [0.25, 0.3) is 10.0 Å². The van der Waals surface area contributed by atoms with E-state index in [-0.39, 0.29) is 5.03 Å². The van der Waals surface area contributed by atoms with E-state index in [4.69, 9.17) is 0 Å². The van der Waals surface area contributed by atoms with Gasteiger partial charge in [0.2, 0.25) is 0 Å². The Kier molecular flexibility index (Phi) is 4.16. The van der Waals surface area contributed by atoms with Crippen molar-refractivity contribution in [3.05, 3.63) is 55.0 Å². The van der Waals surface area contributed by atoms with E-state index < -0.39 is 10.0 Å². The molecule has 0 saturated carbocycles. The van der Waals surface area contributed by atoms with E-state index in [0.717, 1.165) is 13.0 Å². The van der Waals surface area contributed by atoms with Crippen molar-refractivity contribution < 1.29 is 8.42 Å². The number of aromatic nitrogens is 4. The molecule has 0 unspecified atom stereocenters. The Hall–Kier alpha value is -2.61. The van der Waals surface area contributed by atoms with Gasteiger partial charge in [-0.05, 0) is 24.6 Å². The Labute approximate surface area is 134 Å². The summed E-state index contributed by atoms with van der Waals surface area (Å²) in [7, 11) is -3.75. The highest BCUT2D eigenvalue weighted by Gasteiger charge is 2.21. The Balaban J connectivity index is 1.90. The van der Waals surface area contributed by atoms with Gasteiger partial charge in [-0.15, -0.1) is 0 Å². The molecule has 2 aromatic heterocycles. The van der Waals surface area contributed by atoms with Crippen LogP contribution in [0.5, 0.6) is 0 Å². The summed E-state index contributed by atoms with van der Waals surface area (Å²) >= 11 is 0. The van der Waals surface area contributed by atoms with E-state index in [1.165, 1.54) is 23.1 Å². The number of benzene rings is 1. The molecule has 1 aromatic carbocycles. The van der Waals surface area contributed by atoms with Gasteiger partial charge in [0.05, 0.1) is 23.8 Å². The maximum atomic E-state index is 12.6. The fraction of sp³-hybridized carbons (Fsp3) is 0.200. The van der Waals surface area contributed by atoms with Gasteiger partial charge < -0.3 is 0 Å². The molecule has 3 rings (SSSR count). The molecule has 0 atom stereocenters. The highest BCUT2D eigenvalue weighted by Crippen LogP contribution is 2.18. The number of sulfonamides is 1. The van der Waals surface area contributed by atoms with E-state index in [2.05, 4.69) is 14.9 Å². The zero-order valence-corrected chi connectivity index (χ0v) is 13.4. The molecule has 0 radical (unpaired) electrons. The monoisotopic (exact) mass is 331 g/mol. The molecule has 8 heteroatoms. The van der Waals surface area contributed by atoms with E-state index in [0.29, 0.717) is 11.4 Å². The van der Waals surface area contributed by atoms with Crippen LogP contribution in [0, 0.1) is 0 Å². The number of rotatable bonds is 6. The van der Waals surface area contributed by atoms with Crippen LogP contribution in [-0.2, 0) is 16.6 Å². The van der Waals surface area contributed by atoms with E-state index in [1.54, 1.807) is 23.0 Å². The van der Waals surface area contributed by atoms with Crippen molar-refractivity contribution in [3.63, 3.8) is 0 Å². The Morgan fingerprint density at radius 1 is 1.13 bits per heavy atom. The molecule has 7 nitrogen and oxygen atoms in total. The minimum absolute atomic E-state index is 0.0759. The largest absolute Gasteiger partial charge is 0.279 e. The van der Waals surface area contributed by atoms with E-state index in [9.17, 15) is 8.42 Å². The summed E-state index contributed by atoms with van der Waals surface area (Å²) < 4.78 is 30.9. The summed E-state index contributed by atoms with van der Waals surface area (Å²) in [6.07, 6.45) is 5.55. The molecule has 120 valence electrons. The molecule has 0 saturated heterocycles. The summed E-state index contributed by atoms with van der Waals surface area (Å²) in [5.74, 6) is 0. The van der Waals surface area contributed by atoms with Gasteiger partial charge in [-0.25, -0.2) is 4.68 Å².